The van der Waals surface area contributed by atoms with Crippen LogP contribution in [0.2, 0.25) is 0 Å². The number of carbonyl (C=O) groups excluding carboxylic acids is 1. The van der Waals surface area contributed by atoms with Gasteiger partial charge in [-0.2, -0.15) is 0 Å². The molecule has 4 rings (SSSR count). The van der Waals surface area contributed by atoms with Gasteiger partial charge in [-0.3, -0.25) is 0 Å². The van der Waals surface area contributed by atoms with Gasteiger partial charge in [0.25, 0.3) is 0 Å². The number of aliphatic hydroxyl groups is 1. The molecule has 0 bridgehead atoms. The van der Waals surface area contributed by atoms with Gasteiger partial charge in [0, 0.05) is 5.56 Å². The number of esters is 1. The lowest BCUT2D eigenvalue weighted by Crippen LogP contribution is -2.20. The lowest BCUT2D eigenvalue weighted by molar-refractivity contribution is -0.128. The van der Waals surface area contributed by atoms with E-state index in [9.17, 15) is 14.7 Å². The third kappa shape index (κ3) is 4.03. The Morgan fingerprint density at radius 3 is 2.25 bits per heavy atom. The fraction of sp³-hybridized carbons (Fsp3) is 0.115. The Morgan fingerprint density at radius 1 is 0.938 bits per heavy atom. The van der Waals surface area contributed by atoms with E-state index in [4.69, 9.17) is 9.15 Å². The topological polar surface area (TPSA) is 89.6 Å². The first-order valence-corrected chi connectivity index (χ1v) is 10.0. The van der Waals surface area contributed by atoms with Crippen LogP contribution in [0.3, 0.4) is 0 Å². The number of hydrogen-bond donors (Lipinski definition) is 1. The molecule has 160 valence electrons. The number of nitrogens with zero attached hydrogens (tertiary/aromatic N) is 1. The van der Waals surface area contributed by atoms with Crippen molar-refractivity contribution in [3.63, 3.8) is 0 Å². The SMILES string of the molecule is Cc1cc(C)c(OC(=O)C(=C(O)c2ccccc2)c2nc3ccccc3oc2=O)c(C)c1. The monoisotopic (exact) mass is 427 g/mol. The Hall–Kier alpha value is -4.19. The van der Waals surface area contributed by atoms with Gasteiger partial charge in [-0.15, -0.1) is 0 Å². The van der Waals surface area contributed by atoms with Gasteiger partial charge in [0.15, 0.2) is 11.3 Å². The molecule has 6 heteroatoms. The summed E-state index contributed by atoms with van der Waals surface area (Å²) in [5, 5.41) is 11.0. The minimum atomic E-state index is -0.906. The molecule has 0 saturated heterocycles. The van der Waals surface area contributed by atoms with Crippen LogP contribution in [0, 0.1) is 20.8 Å². The van der Waals surface area contributed by atoms with Gasteiger partial charge in [0.1, 0.15) is 22.6 Å². The summed E-state index contributed by atoms with van der Waals surface area (Å²) in [6.45, 7) is 5.60. The number of rotatable bonds is 4. The quantitative estimate of drug-likeness (QED) is 0.210. The smallest absolute Gasteiger partial charge is 0.363 e. The van der Waals surface area contributed by atoms with Crippen LogP contribution in [0.1, 0.15) is 27.9 Å². The highest BCUT2D eigenvalue weighted by Crippen LogP contribution is 2.29. The average Bonchev–Trinajstić information content (AvgIpc) is 2.77. The lowest BCUT2D eigenvalue weighted by Gasteiger charge is -2.14. The molecule has 0 aliphatic heterocycles. The Kier molecular flexibility index (Phi) is 5.60. The third-order valence-electron chi connectivity index (χ3n) is 5.02. The maximum absolute atomic E-state index is 13.3. The number of hydrogen-bond acceptors (Lipinski definition) is 6. The van der Waals surface area contributed by atoms with Crippen LogP contribution in [0.5, 0.6) is 5.75 Å². The van der Waals surface area contributed by atoms with E-state index in [2.05, 4.69) is 4.98 Å². The van der Waals surface area contributed by atoms with E-state index in [-0.39, 0.29) is 16.9 Å². The number of para-hydroxylation sites is 2. The highest BCUT2D eigenvalue weighted by Gasteiger charge is 2.27. The molecule has 0 aliphatic rings. The van der Waals surface area contributed by atoms with Crippen molar-refractivity contribution in [1.82, 2.24) is 4.98 Å². The molecule has 1 heterocycles. The molecule has 6 nitrogen and oxygen atoms in total. The molecule has 0 amide bonds. The van der Waals surface area contributed by atoms with Crippen molar-refractivity contribution in [3.05, 3.63) is 105 Å². The Balaban J connectivity index is 1.91. The second-order valence-corrected chi connectivity index (χ2v) is 7.52. The molecule has 0 unspecified atom stereocenters. The predicted octanol–water partition coefficient (Wildman–Crippen LogP) is 5.15. The van der Waals surface area contributed by atoms with E-state index in [0.29, 0.717) is 16.8 Å². The van der Waals surface area contributed by atoms with E-state index in [1.807, 2.05) is 32.9 Å². The summed E-state index contributed by atoms with van der Waals surface area (Å²) in [4.78, 5) is 30.4. The van der Waals surface area contributed by atoms with Crippen LogP contribution in [-0.2, 0) is 4.79 Å². The maximum atomic E-state index is 13.3. The molecular weight excluding hydrogens is 406 g/mol. The van der Waals surface area contributed by atoms with E-state index < -0.39 is 17.4 Å². The molecule has 4 aromatic rings. The van der Waals surface area contributed by atoms with Crippen molar-refractivity contribution in [3.8, 4) is 5.75 Å². The molecule has 0 atom stereocenters. The number of benzene rings is 3. The molecule has 0 aliphatic carbocycles. The van der Waals surface area contributed by atoms with Crippen molar-refractivity contribution >= 4 is 28.4 Å². The van der Waals surface area contributed by atoms with E-state index in [1.54, 1.807) is 54.6 Å². The second kappa shape index (κ2) is 8.51. The Bertz CT molecular complexity index is 1390. The number of aryl methyl sites for hydroxylation is 3. The fourth-order valence-electron chi connectivity index (χ4n) is 3.63. The highest BCUT2D eigenvalue weighted by atomic mass is 16.5. The minimum absolute atomic E-state index is 0.276. The molecule has 0 saturated carbocycles. The number of carbonyl (C=O) groups is 1. The zero-order valence-electron chi connectivity index (χ0n) is 17.9. The van der Waals surface area contributed by atoms with Crippen LogP contribution in [-0.4, -0.2) is 16.1 Å². The number of aliphatic hydroxyl groups excluding tert-OH is 1. The Morgan fingerprint density at radius 2 is 1.56 bits per heavy atom. The summed E-state index contributed by atoms with van der Waals surface area (Å²) >= 11 is 0. The summed E-state index contributed by atoms with van der Waals surface area (Å²) in [6.07, 6.45) is 0. The summed E-state index contributed by atoms with van der Waals surface area (Å²) in [5.41, 5.74) is 1.99. The average molecular weight is 427 g/mol. The number of aromatic nitrogens is 1. The largest absolute Gasteiger partial charge is 0.506 e. The van der Waals surface area contributed by atoms with Gasteiger partial charge in [-0.25, -0.2) is 14.6 Å². The van der Waals surface area contributed by atoms with Gasteiger partial charge in [0.2, 0.25) is 0 Å². The molecule has 3 aromatic carbocycles. The third-order valence-corrected chi connectivity index (χ3v) is 5.02. The fourth-order valence-corrected chi connectivity index (χ4v) is 3.63. The standard InChI is InChI=1S/C26H21NO5/c1-15-13-16(2)24(17(3)14-15)32-25(29)21(23(28)18-9-5-4-6-10-18)22-26(30)31-20-12-8-7-11-19(20)27-22/h4-14,28H,1-3H3. The maximum Gasteiger partial charge on any atom is 0.363 e. The summed E-state index contributed by atoms with van der Waals surface area (Å²) in [5.74, 6) is -0.964. The van der Waals surface area contributed by atoms with Gasteiger partial charge in [0.05, 0.1) is 0 Å². The van der Waals surface area contributed by atoms with Crippen molar-refractivity contribution in [2.24, 2.45) is 0 Å². The van der Waals surface area contributed by atoms with E-state index >= 15 is 0 Å². The normalized spacial score (nSPS) is 11.8. The minimum Gasteiger partial charge on any atom is -0.506 e. The van der Waals surface area contributed by atoms with Crippen LogP contribution in [0.15, 0.2) is 75.9 Å². The van der Waals surface area contributed by atoms with Gasteiger partial charge in [-0.05, 0) is 44.0 Å². The molecule has 1 N–H and O–H groups in total. The van der Waals surface area contributed by atoms with E-state index in [1.165, 1.54) is 0 Å². The predicted molar refractivity (Wildman–Crippen MR) is 122 cm³/mol. The van der Waals surface area contributed by atoms with E-state index in [0.717, 1.165) is 16.7 Å². The molecular formula is C26H21NO5. The number of fused-ring (bicyclic) bond motifs is 1. The highest BCUT2D eigenvalue weighted by molar-refractivity contribution is 6.23. The zero-order valence-corrected chi connectivity index (χ0v) is 17.9. The number of ether oxygens (including phenoxy) is 1. The molecule has 0 spiro atoms. The Labute approximate surface area is 184 Å². The van der Waals surface area contributed by atoms with Crippen LogP contribution >= 0.6 is 0 Å². The van der Waals surface area contributed by atoms with Crippen LogP contribution in [0.25, 0.3) is 22.4 Å². The van der Waals surface area contributed by atoms with Crippen LogP contribution in [0.4, 0.5) is 0 Å². The summed E-state index contributed by atoms with van der Waals surface area (Å²) in [6, 6.07) is 18.9. The van der Waals surface area contributed by atoms with Gasteiger partial charge >= 0.3 is 11.6 Å². The molecule has 1 aromatic heterocycles. The molecule has 32 heavy (non-hydrogen) atoms. The first kappa shape index (κ1) is 21.1. The van der Waals surface area contributed by atoms with Crippen molar-refractivity contribution in [1.29, 1.82) is 0 Å². The first-order valence-electron chi connectivity index (χ1n) is 10.0. The molecule has 0 fully saturated rings. The lowest BCUT2D eigenvalue weighted by atomic mass is 10.0. The van der Waals surface area contributed by atoms with Crippen molar-refractivity contribution in [2.75, 3.05) is 0 Å². The zero-order chi connectivity index (χ0) is 22.8. The summed E-state index contributed by atoms with van der Waals surface area (Å²) in [7, 11) is 0. The molecule has 0 radical (unpaired) electrons. The van der Waals surface area contributed by atoms with Crippen molar-refractivity contribution in [2.45, 2.75) is 20.8 Å². The van der Waals surface area contributed by atoms with Crippen molar-refractivity contribution < 1.29 is 19.1 Å². The van der Waals surface area contributed by atoms with Gasteiger partial charge < -0.3 is 14.3 Å². The van der Waals surface area contributed by atoms with Gasteiger partial charge in [-0.1, -0.05) is 60.2 Å². The first-order chi connectivity index (χ1) is 15.3. The summed E-state index contributed by atoms with van der Waals surface area (Å²) < 4.78 is 11.0. The second-order valence-electron chi connectivity index (χ2n) is 7.52. The van der Waals surface area contributed by atoms with Crippen LogP contribution < -0.4 is 10.4 Å².